The minimum Gasteiger partial charge on any atom is -0.352 e. The Kier molecular flexibility index (Phi) is 8.21. The van der Waals surface area contributed by atoms with Crippen LogP contribution in [0.1, 0.15) is 21.8 Å². The van der Waals surface area contributed by atoms with Crippen LogP contribution >= 0.6 is 39.0 Å². The highest BCUT2D eigenvalue weighted by atomic mass is 79.9. The van der Waals surface area contributed by atoms with Gasteiger partial charge in [0, 0.05) is 40.1 Å². The lowest BCUT2D eigenvalue weighted by Gasteiger charge is -2.04. The van der Waals surface area contributed by atoms with Gasteiger partial charge in [0.2, 0.25) is 11.0 Å². The molecular formula is C20H19BrN4O2S2. The summed E-state index contributed by atoms with van der Waals surface area (Å²) in [5, 5.41) is 14.9. The Morgan fingerprint density at radius 2 is 1.90 bits per heavy atom. The Hall–Kier alpha value is -2.23. The number of hydrogen-bond donors (Lipinski definition) is 2. The quantitative estimate of drug-likeness (QED) is 0.434. The van der Waals surface area contributed by atoms with Gasteiger partial charge in [-0.3, -0.25) is 9.59 Å². The highest BCUT2D eigenvalue weighted by Gasteiger charge is 2.10. The molecule has 0 atom stereocenters. The molecule has 3 rings (SSSR count). The monoisotopic (exact) mass is 490 g/mol. The first kappa shape index (κ1) is 21.5. The molecule has 0 radical (unpaired) electrons. The molecule has 9 heteroatoms. The maximum atomic E-state index is 12.1. The second kappa shape index (κ2) is 11.1. The molecule has 1 heterocycles. The van der Waals surface area contributed by atoms with Gasteiger partial charge in [0.15, 0.2) is 0 Å². The lowest BCUT2D eigenvalue weighted by molar-refractivity contribution is -0.115. The van der Waals surface area contributed by atoms with Crippen LogP contribution < -0.4 is 10.6 Å². The van der Waals surface area contributed by atoms with Crippen molar-refractivity contribution in [2.24, 2.45) is 0 Å². The Bertz CT molecular complexity index is 966. The molecule has 0 spiro atoms. The minimum atomic E-state index is -0.139. The number of anilines is 1. The molecule has 0 unspecified atom stereocenters. The number of aromatic nitrogens is 2. The van der Waals surface area contributed by atoms with E-state index in [2.05, 4.69) is 36.8 Å². The fraction of sp³-hybridized carbons (Fsp3) is 0.200. The summed E-state index contributed by atoms with van der Waals surface area (Å²) < 4.78 is 0.858. The number of thioether (sulfide) groups is 1. The van der Waals surface area contributed by atoms with Crippen LogP contribution in [0.3, 0.4) is 0 Å². The van der Waals surface area contributed by atoms with E-state index in [1.807, 2.05) is 42.5 Å². The van der Waals surface area contributed by atoms with E-state index in [4.69, 9.17) is 0 Å². The van der Waals surface area contributed by atoms with E-state index in [-0.39, 0.29) is 11.8 Å². The smallest absolute Gasteiger partial charge is 0.251 e. The van der Waals surface area contributed by atoms with Crippen LogP contribution in [0.2, 0.25) is 0 Å². The first-order chi connectivity index (χ1) is 14.1. The Labute approximate surface area is 185 Å². The predicted molar refractivity (Wildman–Crippen MR) is 121 cm³/mol. The van der Waals surface area contributed by atoms with Crippen molar-refractivity contribution >= 4 is 56.0 Å². The molecule has 29 heavy (non-hydrogen) atoms. The second-order valence-corrected chi connectivity index (χ2v) is 9.12. The molecule has 0 bridgehead atoms. The standard InChI is InChI=1S/C20H19BrN4O2S2/c21-15-6-4-5-14(13-15)19(27)22-11-9-18-24-25-20(29-18)23-17(26)10-12-28-16-7-2-1-3-8-16/h1-8,13H,9-12H2,(H,22,27)(H,23,25,26). The van der Waals surface area contributed by atoms with Crippen molar-refractivity contribution in [3.63, 3.8) is 0 Å². The largest absolute Gasteiger partial charge is 0.352 e. The van der Waals surface area contributed by atoms with Gasteiger partial charge in [0.05, 0.1) is 0 Å². The molecule has 0 aliphatic carbocycles. The molecule has 0 saturated heterocycles. The number of carbonyl (C=O) groups excluding carboxylic acids is 2. The van der Waals surface area contributed by atoms with Crippen LogP contribution in [0.4, 0.5) is 5.13 Å². The zero-order chi connectivity index (χ0) is 20.5. The highest BCUT2D eigenvalue weighted by Crippen LogP contribution is 2.19. The van der Waals surface area contributed by atoms with Gasteiger partial charge in [-0.2, -0.15) is 0 Å². The molecule has 1 aromatic heterocycles. The van der Waals surface area contributed by atoms with Crippen molar-refractivity contribution in [3.8, 4) is 0 Å². The molecule has 2 amide bonds. The SMILES string of the molecule is O=C(CCSc1ccccc1)Nc1nnc(CCNC(=O)c2cccc(Br)c2)s1. The summed E-state index contributed by atoms with van der Waals surface area (Å²) in [7, 11) is 0. The van der Waals surface area contributed by atoms with Gasteiger partial charge in [0.1, 0.15) is 5.01 Å². The van der Waals surface area contributed by atoms with Gasteiger partial charge in [-0.05, 0) is 30.3 Å². The van der Waals surface area contributed by atoms with E-state index in [1.165, 1.54) is 11.3 Å². The predicted octanol–water partition coefficient (Wildman–Crippen LogP) is 4.39. The Balaban J connectivity index is 1.37. The van der Waals surface area contributed by atoms with Crippen LogP contribution in [-0.2, 0) is 11.2 Å². The molecule has 2 N–H and O–H groups in total. The zero-order valence-electron chi connectivity index (χ0n) is 15.4. The van der Waals surface area contributed by atoms with Crippen LogP contribution in [0.15, 0.2) is 64.0 Å². The molecule has 0 aliphatic heterocycles. The van der Waals surface area contributed by atoms with Gasteiger partial charge in [-0.1, -0.05) is 51.5 Å². The fourth-order valence-electron chi connectivity index (χ4n) is 2.38. The van der Waals surface area contributed by atoms with E-state index in [0.29, 0.717) is 35.8 Å². The van der Waals surface area contributed by atoms with E-state index < -0.39 is 0 Å². The highest BCUT2D eigenvalue weighted by molar-refractivity contribution is 9.10. The van der Waals surface area contributed by atoms with Gasteiger partial charge < -0.3 is 10.6 Å². The number of benzene rings is 2. The lowest BCUT2D eigenvalue weighted by Crippen LogP contribution is -2.25. The van der Waals surface area contributed by atoms with Crippen LogP contribution in [-0.4, -0.2) is 34.3 Å². The van der Waals surface area contributed by atoms with E-state index in [1.54, 1.807) is 23.9 Å². The number of nitrogens with zero attached hydrogens (tertiary/aromatic N) is 2. The lowest BCUT2D eigenvalue weighted by atomic mass is 10.2. The van der Waals surface area contributed by atoms with Gasteiger partial charge in [-0.15, -0.1) is 22.0 Å². The first-order valence-corrected chi connectivity index (χ1v) is 11.5. The fourth-order valence-corrected chi connectivity index (χ4v) is 4.41. The normalized spacial score (nSPS) is 10.5. The van der Waals surface area contributed by atoms with Crippen molar-refractivity contribution < 1.29 is 9.59 Å². The summed E-state index contributed by atoms with van der Waals surface area (Å²) >= 11 is 6.31. The van der Waals surface area contributed by atoms with E-state index in [0.717, 1.165) is 14.4 Å². The molecular weight excluding hydrogens is 472 g/mol. The summed E-state index contributed by atoms with van der Waals surface area (Å²) in [6.07, 6.45) is 0.953. The summed E-state index contributed by atoms with van der Waals surface area (Å²) in [6, 6.07) is 17.2. The second-order valence-electron chi connectivity index (χ2n) is 5.98. The van der Waals surface area contributed by atoms with E-state index in [9.17, 15) is 9.59 Å². The zero-order valence-corrected chi connectivity index (χ0v) is 18.6. The van der Waals surface area contributed by atoms with Crippen molar-refractivity contribution in [3.05, 3.63) is 69.6 Å². The average molecular weight is 491 g/mol. The molecule has 0 aliphatic rings. The van der Waals surface area contributed by atoms with Gasteiger partial charge in [0.25, 0.3) is 5.91 Å². The van der Waals surface area contributed by atoms with E-state index >= 15 is 0 Å². The number of nitrogens with one attached hydrogen (secondary N) is 2. The first-order valence-electron chi connectivity index (χ1n) is 8.94. The molecule has 6 nitrogen and oxygen atoms in total. The third-order valence-electron chi connectivity index (χ3n) is 3.77. The Morgan fingerprint density at radius 3 is 2.69 bits per heavy atom. The summed E-state index contributed by atoms with van der Waals surface area (Å²) in [6.45, 7) is 0.446. The van der Waals surface area contributed by atoms with Crippen molar-refractivity contribution in [1.29, 1.82) is 0 Å². The molecule has 0 fully saturated rings. The van der Waals surface area contributed by atoms with Crippen molar-refractivity contribution in [1.82, 2.24) is 15.5 Å². The molecule has 150 valence electrons. The summed E-state index contributed by atoms with van der Waals surface area (Å²) in [5.74, 6) is 0.475. The minimum absolute atomic E-state index is 0.0842. The number of halogens is 1. The topological polar surface area (TPSA) is 84.0 Å². The van der Waals surface area contributed by atoms with Gasteiger partial charge >= 0.3 is 0 Å². The van der Waals surface area contributed by atoms with Gasteiger partial charge in [-0.25, -0.2) is 0 Å². The molecule has 2 aromatic carbocycles. The third kappa shape index (κ3) is 7.26. The van der Waals surface area contributed by atoms with Crippen LogP contribution in [0.25, 0.3) is 0 Å². The average Bonchev–Trinajstić information content (AvgIpc) is 3.15. The number of hydrogen-bond acceptors (Lipinski definition) is 6. The molecule has 0 saturated carbocycles. The van der Waals surface area contributed by atoms with Crippen molar-refractivity contribution in [2.75, 3.05) is 17.6 Å². The van der Waals surface area contributed by atoms with Crippen molar-refractivity contribution in [2.45, 2.75) is 17.7 Å². The number of carbonyl (C=O) groups is 2. The molecule has 3 aromatic rings. The summed E-state index contributed by atoms with van der Waals surface area (Å²) in [5.41, 5.74) is 0.595. The number of rotatable bonds is 9. The maximum Gasteiger partial charge on any atom is 0.251 e. The third-order valence-corrected chi connectivity index (χ3v) is 6.17. The Morgan fingerprint density at radius 1 is 1.07 bits per heavy atom. The summed E-state index contributed by atoms with van der Waals surface area (Å²) in [4.78, 5) is 25.3. The number of amides is 2. The van der Waals surface area contributed by atoms with Crippen LogP contribution in [0.5, 0.6) is 0 Å². The maximum absolute atomic E-state index is 12.1. The van der Waals surface area contributed by atoms with Crippen LogP contribution in [0, 0.1) is 0 Å².